The van der Waals surface area contributed by atoms with Gasteiger partial charge in [0, 0.05) is 29.6 Å². The van der Waals surface area contributed by atoms with Crippen LogP contribution < -0.4 is 5.32 Å². The molecule has 1 amide bonds. The molecule has 0 radical (unpaired) electrons. The van der Waals surface area contributed by atoms with Crippen LogP contribution >= 0.6 is 11.3 Å². The van der Waals surface area contributed by atoms with Crippen molar-refractivity contribution >= 4 is 28.0 Å². The Morgan fingerprint density at radius 1 is 1.03 bits per heavy atom. The summed E-state index contributed by atoms with van der Waals surface area (Å²) in [6.07, 6.45) is -1.60. The molecule has 0 aliphatic heterocycles. The van der Waals surface area contributed by atoms with E-state index in [2.05, 4.69) is 30.6 Å². The van der Waals surface area contributed by atoms with Crippen molar-refractivity contribution in [2.45, 2.75) is 6.18 Å². The zero-order valence-corrected chi connectivity index (χ0v) is 17.6. The molecular weight excluding hydrogens is 474 g/mol. The molecule has 0 aliphatic rings. The van der Waals surface area contributed by atoms with Gasteiger partial charge in [0.1, 0.15) is 5.82 Å². The van der Waals surface area contributed by atoms with Crippen molar-refractivity contribution in [2.24, 2.45) is 0 Å². The van der Waals surface area contributed by atoms with Crippen LogP contribution in [0.2, 0.25) is 0 Å². The van der Waals surface area contributed by atoms with E-state index in [9.17, 15) is 22.4 Å². The van der Waals surface area contributed by atoms with Crippen LogP contribution in [0.4, 0.5) is 22.7 Å². The molecule has 0 aliphatic carbocycles. The highest BCUT2D eigenvalue weighted by molar-refractivity contribution is 7.18. The molecule has 8 nitrogen and oxygen atoms in total. The molecule has 34 heavy (non-hydrogen) atoms. The maximum absolute atomic E-state index is 13.7. The van der Waals surface area contributed by atoms with Gasteiger partial charge >= 0.3 is 6.18 Å². The van der Waals surface area contributed by atoms with E-state index in [4.69, 9.17) is 0 Å². The van der Waals surface area contributed by atoms with Gasteiger partial charge in [-0.3, -0.25) is 15.1 Å². The molecule has 0 bridgehead atoms. The summed E-state index contributed by atoms with van der Waals surface area (Å²) in [4.78, 5) is 20.8. The van der Waals surface area contributed by atoms with Crippen molar-refractivity contribution < 1.29 is 22.4 Å². The zero-order chi connectivity index (χ0) is 23.9. The minimum atomic E-state index is -4.78. The Morgan fingerprint density at radius 2 is 1.82 bits per heavy atom. The summed E-state index contributed by atoms with van der Waals surface area (Å²) in [5, 5.41) is 14.8. The molecule has 13 heteroatoms. The number of anilines is 1. The quantitative estimate of drug-likeness (QED) is 0.370. The highest BCUT2D eigenvalue weighted by atomic mass is 32.1. The molecule has 1 aromatic carbocycles. The first-order valence-corrected chi connectivity index (χ1v) is 10.4. The predicted octanol–water partition coefficient (Wildman–Crippen LogP) is 4.72. The van der Waals surface area contributed by atoms with E-state index in [1.807, 2.05) is 0 Å². The van der Waals surface area contributed by atoms with E-state index in [-0.39, 0.29) is 27.7 Å². The van der Waals surface area contributed by atoms with E-state index < -0.39 is 23.6 Å². The smallest absolute Gasteiger partial charge is 0.295 e. The zero-order valence-electron chi connectivity index (χ0n) is 16.8. The lowest BCUT2D eigenvalue weighted by Crippen LogP contribution is -2.15. The number of rotatable bonds is 4. The third-order valence-electron chi connectivity index (χ3n) is 4.64. The summed E-state index contributed by atoms with van der Waals surface area (Å²) in [7, 11) is 0. The van der Waals surface area contributed by atoms with Gasteiger partial charge in [-0.1, -0.05) is 11.3 Å². The van der Waals surface area contributed by atoms with Crippen molar-refractivity contribution in [3.05, 3.63) is 78.1 Å². The number of halogens is 4. The predicted molar refractivity (Wildman–Crippen MR) is 114 cm³/mol. The second kappa shape index (κ2) is 8.26. The van der Waals surface area contributed by atoms with E-state index >= 15 is 0 Å². The molecule has 5 aromatic rings. The number of benzene rings is 1. The lowest BCUT2D eigenvalue weighted by Gasteiger charge is -2.11. The number of alkyl halides is 3. The molecule has 0 spiro atoms. The fraction of sp³-hybridized carbons (Fsp3) is 0.0476. The highest BCUT2D eigenvalue weighted by Gasteiger charge is 2.35. The number of nitrogens with one attached hydrogen (secondary N) is 1. The molecule has 0 atom stereocenters. The van der Waals surface area contributed by atoms with E-state index in [0.29, 0.717) is 15.1 Å². The number of aromatic nitrogens is 6. The standard InChI is InChI=1S/C21H11F4N7OS/c22-13-5-3-11(4-6-13)14-8-16(21(23,24)25)32-17(27-14)9-15(31-32)18(33)28-20-30-29-19(34-20)12-2-1-7-26-10-12/h1-10H,(H,28,30,33). The number of amides is 1. The third kappa shape index (κ3) is 4.20. The van der Waals surface area contributed by atoms with Gasteiger partial charge in [-0.25, -0.2) is 13.9 Å². The van der Waals surface area contributed by atoms with Crippen molar-refractivity contribution in [1.82, 2.24) is 29.8 Å². The van der Waals surface area contributed by atoms with Gasteiger partial charge in [0.25, 0.3) is 5.91 Å². The molecule has 170 valence electrons. The molecule has 0 unspecified atom stereocenters. The fourth-order valence-electron chi connectivity index (χ4n) is 3.10. The van der Waals surface area contributed by atoms with Gasteiger partial charge in [0.15, 0.2) is 22.0 Å². The monoisotopic (exact) mass is 485 g/mol. The minimum absolute atomic E-state index is 0.0445. The lowest BCUT2D eigenvalue weighted by atomic mass is 10.1. The van der Waals surface area contributed by atoms with Crippen molar-refractivity contribution in [2.75, 3.05) is 5.32 Å². The largest absolute Gasteiger partial charge is 0.433 e. The van der Waals surface area contributed by atoms with Gasteiger partial charge in [-0.05, 0) is 42.5 Å². The number of hydrogen-bond acceptors (Lipinski definition) is 7. The molecule has 0 fully saturated rings. The molecule has 1 N–H and O–H groups in total. The van der Waals surface area contributed by atoms with Gasteiger partial charge in [-0.2, -0.15) is 18.3 Å². The second-order valence-corrected chi connectivity index (χ2v) is 7.92. The Morgan fingerprint density at radius 3 is 2.53 bits per heavy atom. The summed E-state index contributed by atoms with van der Waals surface area (Å²) in [5.41, 5.74) is -0.707. The Labute approximate surface area is 191 Å². The first kappa shape index (κ1) is 21.6. The number of hydrogen-bond donors (Lipinski definition) is 1. The maximum Gasteiger partial charge on any atom is 0.433 e. The molecular formula is C21H11F4N7OS. The lowest BCUT2D eigenvalue weighted by molar-refractivity contribution is -0.142. The molecule has 5 rings (SSSR count). The first-order chi connectivity index (χ1) is 16.3. The van der Waals surface area contributed by atoms with Crippen LogP contribution in [0.15, 0.2) is 60.9 Å². The first-order valence-electron chi connectivity index (χ1n) is 9.57. The number of pyridine rings is 1. The van der Waals surface area contributed by atoms with Crippen LogP contribution in [-0.2, 0) is 6.18 Å². The van der Waals surface area contributed by atoms with E-state index in [0.717, 1.165) is 35.6 Å². The second-order valence-electron chi connectivity index (χ2n) is 6.94. The average molecular weight is 485 g/mol. The van der Waals surface area contributed by atoms with Crippen molar-refractivity contribution in [3.63, 3.8) is 0 Å². The summed E-state index contributed by atoms with van der Waals surface area (Å²) in [5.74, 6) is -1.32. The molecule has 4 heterocycles. The third-order valence-corrected chi connectivity index (χ3v) is 5.53. The van der Waals surface area contributed by atoms with Crippen LogP contribution in [0.1, 0.15) is 16.2 Å². The van der Waals surface area contributed by atoms with Crippen LogP contribution in [0.25, 0.3) is 27.5 Å². The highest BCUT2D eigenvalue weighted by Crippen LogP contribution is 2.32. The Kier molecular flexibility index (Phi) is 5.24. The number of nitrogens with zero attached hydrogens (tertiary/aromatic N) is 6. The SMILES string of the molecule is O=C(Nc1nnc(-c2cccnc2)s1)c1cc2nc(-c3ccc(F)cc3)cc(C(F)(F)F)n2n1. The van der Waals surface area contributed by atoms with Crippen molar-refractivity contribution in [1.29, 1.82) is 0 Å². The summed E-state index contributed by atoms with van der Waals surface area (Å²) in [6, 6.07) is 10.3. The van der Waals surface area contributed by atoms with E-state index in [1.54, 1.807) is 24.5 Å². The summed E-state index contributed by atoms with van der Waals surface area (Å²) < 4.78 is 55.0. The number of fused-ring (bicyclic) bond motifs is 1. The van der Waals surface area contributed by atoms with Crippen LogP contribution in [0.5, 0.6) is 0 Å². The van der Waals surface area contributed by atoms with E-state index in [1.165, 1.54) is 12.1 Å². The average Bonchev–Trinajstić information content (AvgIpc) is 3.46. The topological polar surface area (TPSA) is 98.0 Å². The van der Waals surface area contributed by atoms with Crippen LogP contribution in [-0.4, -0.2) is 35.7 Å². The minimum Gasteiger partial charge on any atom is -0.295 e. The van der Waals surface area contributed by atoms with Crippen LogP contribution in [0.3, 0.4) is 0 Å². The fourth-order valence-corrected chi connectivity index (χ4v) is 3.83. The molecule has 0 saturated heterocycles. The summed E-state index contributed by atoms with van der Waals surface area (Å²) >= 11 is 1.07. The van der Waals surface area contributed by atoms with Crippen molar-refractivity contribution in [3.8, 4) is 21.8 Å². The van der Waals surface area contributed by atoms with Gasteiger partial charge < -0.3 is 0 Å². The molecule has 4 aromatic heterocycles. The number of carbonyl (C=O) groups is 1. The Hall–Kier alpha value is -4.26. The summed E-state index contributed by atoms with van der Waals surface area (Å²) in [6.45, 7) is 0. The van der Waals surface area contributed by atoms with Gasteiger partial charge in [-0.15, -0.1) is 10.2 Å². The Bertz CT molecular complexity index is 1500. The molecule has 0 saturated carbocycles. The maximum atomic E-state index is 13.7. The van der Waals surface area contributed by atoms with Gasteiger partial charge in [0.05, 0.1) is 5.69 Å². The van der Waals surface area contributed by atoms with Gasteiger partial charge in [0.2, 0.25) is 5.13 Å². The number of carbonyl (C=O) groups excluding carboxylic acids is 1. The normalized spacial score (nSPS) is 11.6. The van der Waals surface area contributed by atoms with Crippen LogP contribution in [0, 0.1) is 5.82 Å². The Balaban J connectivity index is 1.49.